The van der Waals surface area contributed by atoms with Crippen LogP contribution in [0, 0.1) is 16.7 Å². The van der Waals surface area contributed by atoms with Gasteiger partial charge in [0.1, 0.15) is 35.2 Å². The van der Waals surface area contributed by atoms with Crippen molar-refractivity contribution in [1.29, 1.82) is 0 Å². The van der Waals surface area contributed by atoms with Crippen molar-refractivity contribution in [2.24, 2.45) is 16.7 Å². The van der Waals surface area contributed by atoms with Crippen LogP contribution in [0.3, 0.4) is 0 Å². The van der Waals surface area contributed by atoms with Crippen molar-refractivity contribution in [1.82, 2.24) is 25.2 Å². The number of rotatable bonds is 8. The molecule has 314 valence electrons. The van der Waals surface area contributed by atoms with Gasteiger partial charge in [0.05, 0.1) is 36.7 Å². The Hall–Kier alpha value is -5.44. The van der Waals surface area contributed by atoms with Gasteiger partial charge in [-0.25, -0.2) is 18.2 Å². The monoisotopic (exact) mass is 827 g/mol. The molecule has 0 spiro atoms. The number of allylic oxidation sites excluding steroid dienone is 1. The molecule has 2 aromatic carbocycles. The zero-order valence-electron chi connectivity index (χ0n) is 34.4. The number of sulfonamides is 1. The molecule has 14 nitrogen and oxygen atoms in total. The van der Waals surface area contributed by atoms with Crippen LogP contribution in [-0.2, 0) is 29.1 Å². The van der Waals surface area contributed by atoms with E-state index >= 15 is 0 Å². The maximum atomic E-state index is 14.8. The maximum Gasteiger partial charge on any atom is 0.407 e. The Morgan fingerprint density at radius 2 is 1.83 bits per heavy atom. The average Bonchev–Trinajstić information content (AvgIpc) is 4.12. The van der Waals surface area contributed by atoms with Crippen LogP contribution < -0.4 is 24.8 Å². The van der Waals surface area contributed by atoms with Crippen LogP contribution >= 0.6 is 0 Å². The van der Waals surface area contributed by atoms with Crippen molar-refractivity contribution in [3.8, 4) is 22.8 Å². The van der Waals surface area contributed by atoms with Crippen LogP contribution in [0.4, 0.5) is 4.79 Å². The van der Waals surface area contributed by atoms with E-state index in [1.165, 1.54) is 11.0 Å². The Kier molecular flexibility index (Phi) is 11.0. The van der Waals surface area contributed by atoms with Crippen LogP contribution in [0.5, 0.6) is 11.5 Å². The Labute approximate surface area is 345 Å². The number of aromatic nitrogens is 1. The van der Waals surface area contributed by atoms with Crippen molar-refractivity contribution >= 4 is 50.8 Å². The first-order valence-corrected chi connectivity index (χ1v) is 21.5. The highest BCUT2D eigenvalue weighted by Gasteiger charge is 2.62. The van der Waals surface area contributed by atoms with Gasteiger partial charge in [0, 0.05) is 46.4 Å². The van der Waals surface area contributed by atoms with Crippen molar-refractivity contribution in [2.45, 2.75) is 95.7 Å². The lowest BCUT2D eigenvalue weighted by atomic mass is 9.85. The summed E-state index contributed by atoms with van der Waals surface area (Å²) in [6.07, 6.45) is 5.51. The summed E-state index contributed by atoms with van der Waals surface area (Å²) in [7, 11) is -2.34. The smallest absolute Gasteiger partial charge is 0.407 e. The van der Waals surface area contributed by atoms with E-state index in [9.17, 15) is 27.6 Å². The molecule has 2 aliphatic carbocycles. The van der Waals surface area contributed by atoms with Gasteiger partial charge >= 0.3 is 6.09 Å². The van der Waals surface area contributed by atoms with E-state index in [0.29, 0.717) is 47.4 Å². The number of fused-ring (bicyclic) bond motifs is 3. The highest BCUT2D eigenvalue weighted by molar-refractivity contribution is 7.91. The zero-order chi connectivity index (χ0) is 42.5. The topological polar surface area (TPSA) is 182 Å². The molecule has 4 aliphatic rings. The summed E-state index contributed by atoms with van der Waals surface area (Å²) in [6, 6.07) is 12.9. The lowest BCUT2D eigenvalue weighted by molar-refractivity contribution is -0.142. The Bertz CT molecular complexity index is 2320. The van der Waals surface area contributed by atoms with Crippen molar-refractivity contribution < 1.29 is 41.8 Å². The van der Waals surface area contributed by atoms with Gasteiger partial charge in [0.2, 0.25) is 21.8 Å². The molecule has 3 fully saturated rings. The molecule has 1 saturated heterocycles. The van der Waals surface area contributed by atoms with Crippen LogP contribution in [0.15, 0.2) is 67.3 Å². The number of ether oxygens (including phenoxy) is 3. The molecule has 1 aromatic heterocycles. The van der Waals surface area contributed by atoms with E-state index in [2.05, 4.69) is 21.9 Å². The van der Waals surface area contributed by atoms with Gasteiger partial charge in [-0.05, 0) is 37.2 Å². The normalized spacial score (nSPS) is 26.4. The molecule has 3 aromatic rings. The molecule has 4 bridgehead atoms. The second kappa shape index (κ2) is 15.6. The predicted octanol–water partition coefficient (Wildman–Crippen LogP) is 5.51. The lowest BCUT2D eigenvalue weighted by Gasteiger charge is -2.35. The first-order valence-electron chi connectivity index (χ1n) is 20.0. The number of carbonyl (C=O) groups excluding carboxylic acids is 4. The highest BCUT2D eigenvalue weighted by atomic mass is 32.2. The molecule has 59 heavy (non-hydrogen) atoms. The molecule has 15 heteroatoms. The van der Waals surface area contributed by atoms with E-state index < -0.39 is 79.6 Å². The van der Waals surface area contributed by atoms with Gasteiger partial charge in [-0.1, -0.05) is 83.2 Å². The number of nitrogens with zero attached hydrogens (tertiary/aromatic N) is 2. The third-order valence-electron chi connectivity index (χ3n) is 11.5. The van der Waals surface area contributed by atoms with Crippen LogP contribution in [0.25, 0.3) is 28.2 Å². The fraction of sp³-hybridized carbons (Fsp3) is 0.477. The first-order chi connectivity index (χ1) is 27.8. The number of methoxy groups -OCH3 is 1. The number of amides is 4. The number of carbonyl (C=O) groups is 4. The molecule has 3 heterocycles. The molecule has 2 saturated carbocycles. The summed E-state index contributed by atoms with van der Waals surface area (Å²) in [5.41, 5.74) is -0.0464. The molecule has 5 atom stereocenters. The number of nitrogens with one attached hydrogen (secondary N) is 3. The van der Waals surface area contributed by atoms with Crippen molar-refractivity contribution in [2.75, 3.05) is 20.3 Å². The molecule has 7 rings (SSSR count). The summed E-state index contributed by atoms with van der Waals surface area (Å²) in [4.78, 5) is 62.7. The van der Waals surface area contributed by atoms with E-state index in [1.54, 1.807) is 27.9 Å². The second-order valence-electron chi connectivity index (χ2n) is 17.9. The van der Waals surface area contributed by atoms with Gasteiger partial charge in [0.15, 0.2) is 0 Å². The summed E-state index contributed by atoms with van der Waals surface area (Å²) < 4.78 is 46.1. The minimum Gasteiger partial charge on any atom is -0.496 e. The van der Waals surface area contributed by atoms with Gasteiger partial charge in [-0.15, -0.1) is 6.58 Å². The average molecular weight is 828 g/mol. The first kappa shape index (κ1) is 41.7. The molecule has 2 aliphatic heterocycles. The minimum atomic E-state index is -3.92. The standard InChI is InChI=1S/C44H53N5O9S/c1-8-28-23-44(28,40(52)48-59(54,55)30-16-17-30)47-38(50)34-20-29-24-49(34)39(51)37(42(2,3)4)46-41(53)57-25-43(5,6)18-12-15-27-19-31-33(22-35(27)56-7)45-32(21-36(31)58-29)26-13-10-9-11-14-26/h8-15,19,21-22,28-30,34,37H,1,16-18,20,23-25H2,2-7H3,(H,46,53)(H,47,50)(H,48,52)/b15-12-/t28-,29-,34+,37-,44-/m1/s1. The van der Waals surface area contributed by atoms with Crippen LogP contribution in [-0.4, -0.2) is 91.4 Å². The Morgan fingerprint density at radius 1 is 1.10 bits per heavy atom. The molecule has 4 amide bonds. The lowest BCUT2D eigenvalue weighted by Crippen LogP contribution is -2.60. The van der Waals surface area contributed by atoms with Crippen LogP contribution in [0.1, 0.15) is 72.3 Å². The molecule has 0 radical (unpaired) electrons. The number of benzene rings is 2. The summed E-state index contributed by atoms with van der Waals surface area (Å²) >= 11 is 0. The predicted molar refractivity (Wildman–Crippen MR) is 223 cm³/mol. The van der Waals surface area contributed by atoms with Gasteiger partial charge in [0.25, 0.3) is 5.91 Å². The summed E-state index contributed by atoms with van der Waals surface area (Å²) in [5, 5.41) is 5.64. The van der Waals surface area contributed by atoms with Crippen molar-refractivity contribution in [3.05, 3.63) is 72.8 Å². The fourth-order valence-electron chi connectivity index (χ4n) is 7.77. The van der Waals surface area contributed by atoms with Gasteiger partial charge in [-0.2, -0.15) is 0 Å². The zero-order valence-corrected chi connectivity index (χ0v) is 35.2. The van der Waals surface area contributed by atoms with Gasteiger partial charge in [-0.3, -0.25) is 19.1 Å². The van der Waals surface area contributed by atoms with E-state index in [0.717, 1.165) is 11.1 Å². The number of cyclic esters (lactones) is 1. The minimum absolute atomic E-state index is 0.0112. The summed E-state index contributed by atoms with van der Waals surface area (Å²) in [5.74, 6) is -1.55. The van der Waals surface area contributed by atoms with Crippen molar-refractivity contribution in [3.63, 3.8) is 0 Å². The van der Waals surface area contributed by atoms with E-state index in [1.807, 2.05) is 74.5 Å². The largest absolute Gasteiger partial charge is 0.496 e. The number of alkyl carbamates (subject to hydrolysis) is 1. The van der Waals surface area contributed by atoms with E-state index in [4.69, 9.17) is 19.2 Å². The Morgan fingerprint density at radius 3 is 2.47 bits per heavy atom. The second-order valence-corrected chi connectivity index (χ2v) is 19.9. The molecular formula is C44H53N5O9S. The summed E-state index contributed by atoms with van der Waals surface area (Å²) in [6.45, 7) is 13.1. The molecule has 0 unspecified atom stereocenters. The number of hydrogen-bond acceptors (Lipinski definition) is 10. The van der Waals surface area contributed by atoms with Gasteiger partial charge < -0.3 is 29.7 Å². The fourth-order valence-corrected chi connectivity index (χ4v) is 9.14. The number of pyridine rings is 1. The number of hydrogen-bond donors (Lipinski definition) is 3. The van der Waals surface area contributed by atoms with Crippen LogP contribution in [0.2, 0.25) is 0 Å². The Balaban J connectivity index is 1.31. The third-order valence-corrected chi connectivity index (χ3v) is 13.3. The quantitative estimate of drug-likeness (QED) is 0.245. The van der Waals surface area contributed by atoms with E-state index in [-0.39, 0.29) is 26.0 Å². The molecular weight excluding hydrogens is 775 g/mol. The molecule has 3 N–H and O–H groups in total. The SMILES string of the molecule is C=C[C@@H]1C[C@]1(NC(=O)[C@@H]1C[C@@H]2CN1C(=O)[C@H](C(C)(C)C)NC(=O)OCC(C)(C)C/C=C\c1cc3c(cc(-c4ccccc4)nc3cc1OC)O2)C(=O)NS(=O)(=O)C1CC1. The third kappa shape index (κ3) is 8.80. The highest BCUT2D eigenvalue weighted by Crippen LogP contribution is 2.46. The maximum absolute atomic E-state index is 14.8.